The molecule has 3 heteroatoms. The standard InChI is InChI=1S/C13H13ClN2/c14-7-13-15-8-12(16-13)11-5-4-9-2-1-3-10(9)6-11/h4-6,8H,1-3,7H2,(H,15,16). The van der Waals surface area contributed by atoms with E-state index in [0.29, 0.717) is 5.88 Å². The van der Waals surface area contributed by atoms with Crippen molar-refractivity contribution in [2.24, 2.45) is 0 Å². The molecule has 3 rings (SSSR count). The molecule has 2 aromatic rings. The number of nitrogens with one attached hydrogen (secondary N) is 1. The van der Waals surface area contributed by atoms with Gasteiger partial charge in [-0.15, -0.1) is 11.6 Å². The Morgan fingerprint density at radius 1 is 1.25 bits per heavy atom. The molecular formula is C13H13ClN2. The Balaban J connectivity index is 2.00. The number of aryl methyl sites for hydroxylation is 2. The second-order valence-corrected chi connectivity index (χ2v) is 4.48. The molecule has 0 spiro atoms. The first-order valence-corrected chi connectivity index (χ1v) is 6.12. The highest BCUT2D eigenvalue weighted by molar-refractivity contribution is 6.16. The molecular weight excluding hydrogens is 220 g/mol. The van der Waals surface area contributed by atoms with Crippen LogP contribution in [0.3, 0.4) is 0 Å². The summed E-state index contributed by atoms with van der Waals surface area (Å²) < 4.78 is 0. The average Bonchev–Trinajstić information content (AvgIpc) is 2.96. The summed E-state index contributed by atoms with van der Waals surface area (Å²) in [5.41, 5.74) is 5.26. The molecule has 0 radical (unpaired) electrons. The van der Waals surface area contributed by atoms with E-state index in [2.05, 4.69) is 28.2 Å². The molecule has 1 aromatic heterocycles. The van der Waals surface area contributed by atoms with Crippen LogP contribution in [0.4, 0.5) is 0 Å². The highest BCUT2D eigenvalue weighted by Crippen LogP contribution is 2.27. The number of hydrogen-bond acceptors (Lipinski definition) is 1. The van der Waals surface area contributed by atoms with E-state index < -0.39 is 0 Å². The van der Waals surface area contributed by atoms with Crippen LogP contribution in [0.15, 0.2) is 24.4 Å². The molecule has 0 fully saturated rings. The SMILES string of the molecule is ClCc1ncc(-c2ccc3c(c2)CCC3)[nH]1. The molecule has 0 bridgehead atoms. The molecule has 0 aliphatic heterocycles. The van der Waals surface area contributed by atoms with Gasteiger partial charge in [0, 0.05) is 0 Å². The normalized spacial score (nSPS) is 14.1. The van der Waals surface area contributed by atoms with Gasteiger partial charge in [-0.1, -0.05) is 12.1 Å². The highest BCUT2D eigenvalue weighted by atomic mass is 35.5. The first-order valence-electron chi connectivity index (χ1n) is 5.59. The van der Waals surface area contributed by atoms with Crippen molar-refractivity contribution in [1.82, 2.24) is 9.97 Å². The van der Waals surface area contributed by atoms with Crippen LogP contribution in [0.2, 0.25) is 0 Å². The van der Waals surface area contributed by atoms with Crippen molar-refractivity contribution >= 4 is 11.6 Å². The third-order valence-corrected chi connectivity index (χ3v) is 3.42. The molecule has 1 aromatic carbocycles. The lowest BCUT2D eigenvalue weighted by atomic mass is 10.1. The molecule has 16 heavy (non-hydrogen) atoms. The minimum atomic E-state index is 0.435. The number of imidazole rings is 1. The summed E-state index contributed by atoms with van der Waals surface area (Å²) in [5.74, 6) is 1.27. The Hall–Kier alpha value is -1.28. The monoisotopic (exact) mass is 232 g/mol. The molecule has 1 aliphatic rings. The van der Waals surface area contributed by atoms with Gasteiger partial charge in [-0.05, 0) is 42.0 Å². The molecule has 1 aliphatic carbocycles. The quantitative estimate of drug-likeness (QED) is 0.791. The molecule has 0 unspecified atom stereocenters. The summed E-state index contributed by atoms with van der Waals surface area (Å²) in [7, 11) is 0. The van der Waals surface area contributed by atoms with E-state index in [1.165, 1.54) is 36.0 Å². The number of aromatic nitrogens is 2. The molecule has 1 heterocycles. The van der Waals surface area contributed by atoms with E-state index in [4.69, 9.17) is 11.6 Å². The van der Waals surface area contributed by atoms with Crippen molar-refractivity contribution in [2.45, 2.75) is 25.1 Å². The lowest BCUT2D eigenvalue weighted by molar-refractivity contribution is 0.912. The second kappa shape index (κ2) is 3.95. The van der Waals surface area contributed by atoms with Gasteiger partial charge < -0.3 is 4.98 Å². The van der Waals surface area contributed by atoms with E-state index in [0.717, 1.165) is 11.5 Å². The summed E-state index contributed by atoms with van der Waals surface area (Å²) in [6.07, 6.45) is 5.58. The van der Waals surface area contributed by atoms with Gasteiger partial charge in [0.25, 0.3) is 0 Å². The van der Waals surface area contributed by atoms with Gasteiger partial charge in [0.15, 0.2) is 0 Å². The predicted octanol–water partition coefficient (Wildman–Crippen LogP) is 3.30. The topological polar surface area (TPSA) is 28.7 Å². The Labute approximate surface area is 99.7 Å². The van der Waals surface area contributed by atoms with Gasteiger partial charge >= 0.3 is 0 Å². The van der Waals surface area contributed by atoms with Crippen LogP contribution in [0, 0.1) is 0 Å². The average molecular weight is 233 g/mol. The maximum absolute atomic E-state index is 5.73. The van der Waals surface area contributed by atoms with Crippen LogP contribution in [0.1, 0.15) is 23.4 Å². The molecule has 82 valence electrons. The van der Waals surface area contributed by atoms with E-state index in [1.807, 2.05) is 6.20 Å². The van der Waals surface area contributed by atoms with Gasteiger partial charge in [0.05, 0.1) is 17.8 Å². The molecule has 2 nitrogen and oxygen atoms in total. The van der Waals surface area contributed by atoms with Gasteiger partial charge in [0.2, 0.25) is 0 Å². The maximum Gasteiger partial charge on any atom is 0.121 e. The fourth-order valence-electron chi connectivity index (χ4n) is 2.32. The Kier molecular flexibility index (Phi) is 2.44. The maximum atomic E-state index is 5.73. The lowest BCUT2D eigenvalue weighted by Gasteiger charge is -2.02. The number of halogens is 1. The first kappa shape index (κ1) is 9.91. The van der Waals surface area contributed by atoms with Crippen molar-refractivity contribution in [3.05, 3.63) is 41.3 Å². The number of benzene rings is 1. The zero-order valence-corrected chi connectivity index (χ0v) is 9.72. The molecule has 1 N–H and O–H groups in total. The van der Waals surface area contributed by atoms with E-state index in [-0.39, 0.29) is 0 Å². The highest BCUT2D eigenvalue weighted by Gasteiger charge is 2.12. The number of hydrogen-bond donors (Lipinski definition) is 1. The van der Waals surface area contributed by atoms with Crippen LogP contribution in [-0.2, 0) is 18.7 Å². The number of nitrogens with zero attached hydrogens (tertiary/aromatic N) is 1. The molecule has 0 saturated carbocycles. The van der Waals surface area contributed by atoms with E-state index in [1.54, 1.807) is 0 Å². The Bertz CT molecular complexity index is 516. The number of fused-ring (bicyclic) bond motifs is 1. The van der Waals surface area contributed by atoms with Crippen LogP contribution < -0.4 is 0 Å². The van der Waals surface area contributed by atoms with Crippen LogP contribution >= 0.6 is 11.6 Å². The van der Waals surface area contributed by atoms with Gasteiger partial charge in [0.1, 0.15) is 5.82 Å². The number of rotatable bonds is 2. The second-order valence-electron chi connectivity index (χ2n) is 4.21. The largest absolute Gasteiger partial charge is 0.341 e. The third kappa shape index (κ3) is 1.63. The van der Waals surface area contributed by atoms with Crippen molar-refractivity contribution < 1.29 is 0 Å². The Morgan fingerprint density at radius 2 is 2.12 bits per heavy atom. The summed E-state index contributed by atoms with van der Waals surface area (Å²) in [6, 6.07) is 6.67. The lowest BCUT2D eigenvalue weighted by Crippen LogP contribution is -1.85. The number of H-pyrrole nitrogens is 1. The van der Waals surface area contributed by atoms with Crippen LogP contribution in [0.25, 0.3) is 11.3 Å². The molecule has 0 amide bonds. The number of aromatic amines is 1. The zero-order valence-electron chi connectivity index (χ0n) is 8.96. The van der Waals surface area contributed by atoms with Crippen molar-refractivity contribution in [3.63, 3.8) is 0 Å². The third-order valence-electron chi connectivity index (χ3n) is 3.16. The fourth-order valence-corrected chi connectivity index (χ4v) is 2.45. The fraction of sp³-hybridized carbons (Fsp3) is 0.308. The van der Waals surface area contributed by atoms with Crippen LogP contribution in [0.5, 0.6) is 0 Å². The summed E-state index contributed by atoms with van der Waals surface area (Å²) >= 11 is 5.73. The first-order chi connectivity index (χ1) is 7.86. The zero-order chi connectivity index (χ0) is 11.0. The van der Waals surface area contributed by atoms with Crippen molar-refractivity contribution in [3.8, 4) is 11.3 Å². The minimum Gasteiger partial charge on any atom is -0.341 e. The Morgan fingerprint density at radius 3 is 2.94 bits per heavy atom. The van der Waals surface area contributed by atoms with Gasteiger partial charge in [-0.2, -0.15) is 0 Å². The van der Waals surface area contributed by atoms with Crippen molar-refractivity contribution in [2.75, 3.05) is 0 Å². The van der Waals surface area contributed by atoms with E-state index in [9.17, 15) is 0 Å². The van der Waals surface area contributed by atoms with Crippen LogP contribution in [-0.4, -0.2) is 9.97 Å². The van der Waals surface area contributed by atoms with Crippen molar-refractivity contribution in [1.29, 1.82) is 0 Å². The predicted molar refractivity (Wildman–Crippen MR) is 65.6 cm³/mol. The molecule has 0 saturated heterocycles. The molecule has 0 atom stereocenters. The number of alkyl halides is 1. The van der Waals surface area contributed by atoms with Gasteiger partial charge in [-0.3, -0.25) is 0 Å². The summed E-state index contributed by atoms with van der Waals surface area (Å²) in [4.78, 5) is 7.44. The smallest absolute Gasteiger partial charge is 0.121 e. The summed E-state index contributed by atoms with van der Waals surface area (Å²) in [5, 5.41) is 0. The summed E-state index contributed by atoms with van der Waals surface area (Å²) in [6.45, 7) is 0. The minimum absolute atomic E-state index is 0.435. The van der Waals surface area contributed by atoms with E-state index >= 15 is 0 Å². The van der Waals surface area contributed by atoms with Gasteiger partial charge in [-0.25, -0.2) is 4.98 Å².